The average Bonchev–Trinajstić information content (AvgIpc) is 3.42. The highest BCUT2D eigenvalue weighted by Gasteiger charge is 2.29. The molecule has 2 atom stereocenters. The number of aryl methyl sites for hydroxylation is 1. The van der Waals surface area contributed by atoms with Crippen LogP contribution in [0, 0.1) is 0 Å². The van der Waals surface area contributed by atoms with E-state index in [1.807, 2.05) is 47.2 Å². The number of hydrogen-bond acceptors (Lipinski definition) is 6. The Morgan fingerprint density at radius 2 is 1.87 bits per heavy atom. The van der Waals surface area contributed by atoms with E-state index in [9.17, 15) is 4.79 Å². The molecule has 2 aliphatic rings. The second-order valence-corrected chi connectivity index (χ2v) is 12.3. The lowest BCUT2D eigenvalue weighted by atomic mass is 9.87. The van der Waals surface area contributed by atoms with Crippen molar-refractivity contribution in [3.05, 3.63) is 101 Å². The van der Waals surface area contributed by atoms with Gasteiger partial charge in [0.25, 0.3) is 5.91 Å². The molecule has 0 radical (unpaired) electrons. The number of ether oxygens (including phenoxy) is 2. The zero-order chi connectivity index (χ0) is 32.4. The lowest BCUT2D eigenvalue weighted by Crippen LogP contribution is -2.38. The zero-order valence-corrected chi connectivity index (χ0v) is 27.9. The van der Waals surface area contributed by atoms with Crippen LogP contribution in [0.15, 0.2) is 78.9 Å². The Morgan fingerprint density at radius 3 is 2.58 bits per heavy atom. The first-order valence-electron chi connectivity index (χ1n) is 15.5. The number of pyridine rings is 1. The molecule has 1 N–H and O–H groups in total. The Bertz CT molecular complexity index is 1680. The van der Waals surface area contributed by atoms with Gasteiger partial charge in [-0.1, -0.05) is 75.9 Å². The lowest BCUT2D eigenvalue weighted by molar-refractivity contribution is -0.112. The van der Waals surface area contributed by atoms with Crippen LogP contribution in [0.3, 0.4) is 0 Å². The van der Waals surface area contributed by atoms with Crippen molar-refractivity contribution in [1.29, 1.82) is 0 Å². The highest BCUT2D eigenvalue weighted by Crippen LogP contribution is 2.45. The van der Waals surface area contributed by atoms with Gasteiger partial charge in [-0.25, -0.2) is 4.98 Å². The van der Waals surface area contributed by atoms with Crippen LogP contribution >= 0.6 is 11.6 Å². The van der Waals surface area contributed by atoms with Gasteiger partial charge in [-0.15, -0.1) is 0 Å². The van der Waals surface area contributed by atoms with Crippen LogP contribution in [0.5, 0.6) is 5.88 Å². The molecule has 1 aliphatic heterocycles. The zero-order valence-electron chi connectivity index (χ0n) is 27.2. The number of rotatable bonds is 10. The summed E-state index contributed by atoms with van der Waals surface area (Å²) >= 11 is 7.24. The Kier molecular flexibility index (Phi) is 9.70. The SMILES string of the molecule is C=C1C(C(=O)Nc2cccc(-c3cccc(-c4cc5c(c(OC)n4)C(C)CC5)c3Cl)c2C(C)CC)=CN(CCOC)C(=C)N1C. The number of halogens is 1. The maximum absolute atomic E-state index is 13.8. The third-order valence-electron chi connectivity index (χ3n) is 9.17. The molecule has 0 saturated carbocycles. The van der Waals surface area contributed by atoms with Crippen LogP contribution in [0.1, 0.15) is 62.1 Å². The minimum Gasteiger partial charge on any atom is -0.481 e. The Hall–Kier alpha value is -4.07. The number of methoxy groups -OCH3 is 2. The molecule has 1 aliphatic carbocycles. The van der Waals surface area contributed by atoms with Crippen molar-refractivity contribution in [2.45, 2.75) is 51.9 Å². The number of benzene rings is 2. The van der Waals surface area contributed by atoms with Crippen molar-refractivity contribution in [2.24, 2.45) is 0 Å². The van der Waals surface area contributed by atoms with Crippen molar-refractivity contribution in [3.63, 3.8) is 0 Å². The van der Waals surface area contributed by atoms with E-state index in [4.69, 9.17) is 26.1 Å². The lowest BCUT2D eigenvalue weighted by Gasteiger charge is -2.37. The topological polar surface area (TPSA) is 66.9 Å². The number of carbonyl (C=O) groups is 1. The van der Waals surface area contributed by atoms with Crippen molar-refractivity contribution >= 4 is 23.2 Å². The second-order valence-electron chi connectivity index (χ2n) is 11.9. The number of hydrogen-bond donors (Lipinski definition) is 1. The first-order valence-corrected chi connectivity index (χ1v) is 15.9. The monoisotopic (exact) mass is 626 g/mol. The summed E-state index contributed by atoms with van der Waals surface area (Å²) in [5, 5.41) is 3.82. The Labute approximate surface area is 272 Å². The van der Waals surface area contributed by atoms with E-state index in [1.165, 1.54) is 11.1 Å². The summed E-state index contributed by atoms with van der Waals surface area (Å²) in [6.45, 7) is 15.9. The molecule has 2 heterocycles. The van der Waals surface area contributed by atoms with Gasteiger partial charge in [-0.05, 0) is 59.9 Å². The molecule has 0 bridgehead atoms. The quantitative estimate of drug-likeness (QED) is 0.244. The molecule has 5 rings (SSSR count). The normalized spacial score (nSPS) is 16.9. The molecule has 0 spiro atoms. The van der Waals surface area contributed by atoms with Crippen molar-refractivity contribution < 1.29 is 14.3 Å². The van der Waals surface area contributed by atoms with E-state index in [0.29, 0.717) is 41.2 Å². The van der Waals surface area contributed by atoms with Gasteiger partial charge in [0.15, 0.2) is 0 Å². The number of anilines is 1. The van der Waals surface area contributed by atoms with Gasteiger partial charge in [0.05, 0.1) is 30.0 Å². The molecule has 3 aromatic rings. The summed E-state index contributed by atoms with van der Waals surface area (Å²) in [5.74, 6) is 1.72. The molecule has 8 heteroatoms. The molecule has 45 heavy (non-hydrogen) atoms. The molecule has 236 valence electrons. The molecular formula is C37H43ClN4O3. The molecule has 1 aromatic heterocycles. The van der Waals surface area contributed by atoms with Gasteiger partial charge in [0.2, 0.25) is 5.88 Å². The van der Waals surface area contributed by atoms with Crippen molar-refractivity contribution in [1.82, 2.24) is 14.8 Å². The predicted molar refractivity (Wildman–Crippen MR) is 183 cm³/mol. The first kappa shape index (κ1) is 32.3. The van der Waals surface area contributed by atoms with Gasteiger partial charge < -0.3 is 24.6 Å². The minimum absolute atomic E-state index is 0.139. The summed E-state index contributed by atoms with van der Waals surface area (Å²) < 4.78 is 11.0. The van der Waals surface area contributed by atoms with E-state index in [-0.39, 0.29) is 11.8 Å². The molecule has 2 aromatic carbocycles. The Balaban J connectivity index is 1.56. The molecule has 7 nitrogen and oxygen atoms in total. The number of fused-ring (bicyclic) bond motifs is 1. The fourth-order valence-corrected chi connectivity index (χ4v) is 6.63. The van der Waals surface area contributed by atoms with Gasteiger partial charge >= 0.3 is 0 Å². The van der Waals surface area contributed by atoms with Crippen molar-refractivity contribution in [2.75, 3.05) is 39.7 Å². The highest BCUT2D eigenvalue weighted by atomic mass is 35.5. The number of carbonyl (C=O) groups excluding carboxylic acids is 1. The summed E-state index contributed by atoms with van der Waals surface area (Å²) in [7, 11) is 5.19. The van der Waals surface area contributed by atoms with Gasteiger partial charge in [-0.3, -0.25) is 4.79 Å². The van der Waals surface area contributed by atoms with Gasteiger partial charge in [0, 0.05) is 55.0 Å². The Morgan fingerprint density at radius 1 is 1.16 bits per heavy atom. The predicted octanol–water partition coefficient (Wildman–Crippen LogP) is 8.34. The first-order chi connectivity index (χ1) is 21.6. The second kappa shape index (κ2) is 13.5. The van der Waals surface area contributed by atoms with Crippen LogP contribution in [-0.2, 0) is 16.0 Å². The molecule has 2 unspecified atom stereocenters. The number of aromatic nitrogens is 1. The van der Waals surface area contributed by atoms with Gasteiger partial charge in [-0.2, -0.15) is 0 Å². The summed E-state index contributed by atoms with van der Waals surface area (Å²) in [5.41, 5.74) is 8.78. The van der Waals surface area contributed by atoms with E-state index < -0.39 is 0 Å². The number of likely N-dealkylation sites (N-methyl/N-ethyl adjacent to an activating group) is 1. The minimum atomic E-state index is -0.244. The molecule has 0 saturated heterocycles. The number of nitrogens with zero attached hydrogens (tertiary/aromatic N) is 3. The third-order valence-corrected chi connectivity index (χ3v) is 9.57. The van der Waals surface area contributed by atoms with E-state index in [1.54, 1.807) is 20.4 Å². The van der Waals surface area contributed by atoms with Crippen LogP contribution in [-0.4, -0.2) is 55.1 Å². The van der Waals surface area contributed by atoms with Gasteiger partial charge in [0.1, 0.15) is 5.82 Å². The van der Waals surface area contributed by atoms with Crippen molar-refractivity contribution in [3.8, 4) is 28.3 Å². The van der Waals surface area contributed by atoms with E-state index >= 15 is 0 Å². The molecule has 0 fully saturated rings. The smallest absolute Gasteiger partial charge is 0.259 e. The largest absolute Gasteiger partial charge is 0.481 e. The molecular weight excluding hydrogens is 584 g/mol. The van der Waals surface area contributed by atoms with Crippen LogP contribution in [0.2, 0.25) is 5.02 Å². The fraction of sp³-hybridized carbons (Fsp3) is 0.351. The summed E-state index contributed by atoms with van der Waals surface area (Å²) in [6.07, 6.45) is 4.75. The number of amides is 1. The van der Waals surface area contributed by atoms with E-state index in [0.717, 1.165) is 58.7 Å². The standard InChI is InChI=1S/C37H43ClN4O3/c1-9-22(2)34-27(12-11-15-31(34)39-36(43)30-21-42(18-19-44-7)25(5)41(6)24(30)4)28-13-10-14-29(35(28)38)32-20-26-17-16-23(3)33(26)37(40-32)45-8/h10-15,20-23H,4-5,9,16-19H2,1-3,6-8H3,(H,39,43). The highest BCUT2D eigenvalue weighted by molar-refractivity contribution is 6.36. The van der Waals surface area contributed by atoms with Crippen LogP contribution < -0.4 is 10.1 Å². The van der Waals surface area contributed by atoms with Crippen LogP contribution in [0.25, 0.3) is 22.4 Å². The number of nitrogens with one attached hydrogen (secondary N) is 1. The summed E-state index contributed by atoms with van der Waals surface area (Å²) in [4.78, 5) is 22.5. The average molecular weight is 627 g/mol. The fourth-order valence-electron chi connectivity index (χ4n) is 6.30. The third kappa shape index (κ3) is 6.11. The molecule has 1 amide bonds. The summed E-state index contributed by atoms with van der Waals surface area (Å²) in [6, 6.07) is 14.2. The van der Waals surface area contributed by atoms with Crippen LogP contribution in [0.4, 0.5) is 5.69 Å². The maximum atomic E-state index is 13.8. The maximum Gasteiger partial charge on any atom is 0.259 e. The van der Waals surface area contributed by atoms with E-state index in [2.05, 4.69) is 51.4 Å².